The molecule has 0 aliphatic rings. The molecular weight excluding hydrogens is 284 g/mol. The van der Waals surface area contributed by atoms with E-state index in [1.54, 1.807) is 6.92 Å². The third-order valence-electron chi connectivity index (χ3n) is 3.41. The number of hydrogen-bond donors (Lipinski definition) is 3. The van der Waals surface area contributed by atoms with E-state index in [1.165, 1.54) is 4.90 Å². The lowest BCUT2D eigenvalue weighted by atomic mass is 10.0. The first-order valence-electron chi connectivity index (χ1n) is 7.35. The van der Waals surface area contributed by atoms with Crippen molar-refractivity contribution in [3.8, 4) is 0 Å². The van der Waals surface area contributed by atoms with Gasteiger partial charge in [-0.25, -0.2) is 4.79 Å². The summed E-state index contributed by atoms with van der Waals surface area (Å²) in [5.74, 6) is -0.963. The molecule has 1 unspecified atom stereocenters. The van der Waals surface area contributed by atoms with E-state index in [4.69, 9.17) is 5.11 Å². The van der Waals surface area contributed by atoms with Crippen molar-refractivity contribution >= 4 is 12.0 Å². The van der Waals surface area contributed by atoms with Gasteiger partial charge in [0, 0.05) is 13.1 Å². The largest absolute Gasteiger partial charge is 0.481 e. The Hall–Kier alpha value is -2.08. The van der Waals surface area contributed by atoms with E-state index in [1.807, 2.05) is 37.3 Å². The Morgan fingerprint density at radius 2 is 1.91 bits per heavy atom. The second-order valence-electron chi connectivity index (χ2n) is 5.57. The zero-order valence-corrected chi connectivity index (χ0v) is 13.1. The number of carboxylic acid groups (broad SMARTS) is 1. The number of carboxylic acids is 1. The van der Waals surface area contributed by atoms with Gasteiger partial charge in [0.2, 0.25) is 0 Å². The van der Waals surface area contributed by atoms with Crippen LogP contribution in [0.15, 0.2) is 30.3 Å². The van der Waals surface area contributed by atoms with E-state index < -0.39 is 11.6 Å². The molecular formula is C16H24N2O4. The number of rotatable bonds is 8. The predicted molar refractivity (Wildman–Crippen MR) is 83.4 cm³/mol. The molecule has 1 aromatic carbocycles. The second kappa shape index (κ2) is 8.38. The molecule has 22 heavy (non-hydrogen) atoms. The number of urea groups is 1. The average molecular weight is 308 g/mol. The normalized spacial score (nSPS) is 13.2. The first kappa shape index (κ1) is 18.0. The molecule has 1 atom stereocenters. The average Bonchev–Trinajstić information content (AvgIpc) is 2.47. The van der Waals surface area contributed by atoms with E-state index in [9.17, 15) is 14.7 Å². The fourth-order valence-electron chi connectivity index (χ4n) is 1.91. The predicted octanol–water partition coefficient (Wildman–Crippen LogP) is 1.83. The molecule has 0 saturated heterocycles. The van der Waals surface area contributed by atoms with Crippen LogP contribution in [0.4, 0.5) is 4.79 Å². The minimum Gasteiger partial charge on any atom is -0.481 e. The van der Waals surface area contributed by atoms with E-state index in [-0.39, 0.29) is 25.5 Å². The summed E-state index contributed by atoms with van der Waals surface area (Å²) in [5.41, 5.74) is -0.0402. The van der Waals surface area contributed by atoms with Gasteiger partial charge in [-0.3, -0.25) is 4.79 Å². The van der Waals surface area contributed by atoms with Crippen molar-refractivity contribution in [2.75, 3.05) is 13.1 Å². The molecule has 3 N–H and O–H groups in total. The van der Waals surface area contributed by atoms with Crippen LogP contribution >= 0.6 is 0 Å². The lowest BCUT2D eigenvalue weighted by Crippen LogP contribution is -2.47. The van der Waals surface area contributed by atoms with Crippen LogP contribution in [0.5, 0.6) is 0 Å². The highest BCUT2D eigenvalue weighted by atomic mass is 16.4. The monoisotopic (exact) mass is 308 g/mol. The van der Waals surface area contributed by atoms with Gasteiger partial charge >= 0.3 is 12.0 Å². The first-order valence-corrected chi connectivity index (χ1v) is 7.35. The third-order valence-corrected chi connectivity index (χ3v) is 3.41. The van der Waals surface area contributed by atoms with Gasteiger partial charge in [-0.05, 0) is 18.9 Å². The Bertz CT molecular complexity index is 488. The van der Waals surface area contributed by atoms with Crippen LogP contribution in [-0.2, 0) is 11.3 Å². The highest BCUT2D eigenvalue weighted by Crippen LogP contribution is 2.14. The van der Waals surface area contributed by atoms with Crippen molar-refractivity contribution in [3.05, 3.63) is 35.9 Å². The molecule has 0 aliphatic heterocycles. The van der Waals surface area contributed by atoms with Crippen molar-refractivity contribution < 1.29 is 19.8 Å². The van der Waals surface area contributed by atoms with Crippen molar-refractivity contribution in [2.24, 2.45) is 0 Å². The van der Waals surface area contributed by atoms with Crippen LogP contribution in [0.1, 0.15) is 32.3 Å². The molecule has 0 bridgehead atoms. The zero-order chi connectivity index (χ0) is 16.6. The lowest BCUT2D eigenvalue weighted by Gasteiger charge is -2.31. The molecule has 0 spiro atoms. The zero-order valence-electron chi connectivity index (χ0n) is 13.1. The number of nitrogens with one attached hydrogen (secondary N) is 1. The van der Waals surface area contributed by atoms with Crippen molar-refractivity contribution in [1.29, 1.82) is 0 Å². The molecule has 0 heterocycles. The SMILES string of the molecule is CCC(C)(O)CN(Cc1ccccc1)C(=O)NCCC(=O)O. The molecule has 6 heteroatoms. The molecule has 122 valence electrons. The molecule has 0 aliphatic carbocycles. The molecule has 0 radical (unpaired) electrons. The number of carbonyl (C=O) groups excluding carboxylic acids is 1. The third kappa shape index (κ3) is 6.58. The number of hydrogen-bond acceptors (Lipinski definition) is 3. The summed E-state index contributed by atoms with van der Waals surface area (Å²) >= 11 is 0. The Labute approximate surface area is 130 Å². The lowest BCUT2D eigenvalue weighted by molar-refractivity contribution is -0.136. The van der Waals surface area contributed by atoms with Crippen LogP contribution in [-0.4, -0.2) is 45.8 Å². The second-order valence-corrected chi connectivity index (χ2v) is 5.57. The fraction of sp³-hybridized carbons (Fsp3) is 0.500. The van der Waals surface area contributed by atoms with Crippen LogP contribution in [0.2, 0.25) is 0 Å². The fourth-order valence-corrected chi connectivity index (χ4v) is 1.91. The highest BCUT2D eigenvalue weighted by molar-refractivity contribution is 5.75. The van der Waals surface area contributed by atoms with Crippen LogP contribution in [0.25, 0.3) is 0 Å². The molecule has 0 aromatic heterocycles. The van der Waals surface area contributed by atoms with Gasteiger partial charge < -0.3 is 20.4 Å². The summed E-state index contributed by atoms with van der Waals surface area (Å²) < 4.78 is 0. The van der Waals surface area contributed by atoms with Crippen LogP contribution < -0.4 is 5.32 Å². The molecule has 6 nitrogen and oxygen atoms in total. The molecule has 1 rings (SSSR count). The topological polar surface area (TPSA) is 89.9 Å². The summed E-state index contributed by atoms with van der Waals surface area (Å²) in [5, 5.41) is 21.4. The van der Waals surface area contributed by atoms with E-state index in [0.29, 0.717) is 13.0 Å². The Balaban J connectivity index is 2.72. The summed E-state index contributed by atoms with van der Waals surface area (Å²) in [6, 6.07) is 9.08. The van der Waals surface area contributed by atoms with Crippen molar-refractivity contribution in [1.82, 2.24) is 10.2 Å². The molecule has 1 aromatic rings. The summed E-state index contributed by atoms with van der Waals surface area (Å²) in [6.45, 7) is 4.12. The van der Waals surface area contributed by atoms with E-state index >= 15 is 0 Å². The smallest absolute Gasteiger partial charge is 0.317 e. The number of aliphatic hydroxyl groups is 1. The Morgan fingerprint density at radius 1 is 1.27 bits per heavy atom. The molecule has 0 fully saturated rings. The van der Waals surface area contributed by atoms with Gasteiger partial charge in [0.05, 0.1) is 18.6 Å². The number of aliphatic carboxylic acids is 1. The summed E-state index contributed by atoms with van der Waals surface area (Å²) in [7, 11) is 0. The number of benzene rings is 1. The van der Waals surface area contributed by atoms with Gasteiger partial charge in [0.15, 0.2) is 0 Å². The maximum atomic E-state index is 12.2. The van der Waals surface area contributed by atoms with Crippen molar-refractivity contribution in [2.45, 2.75) is 38.8 Å². The molecule has 0 saturated carbocycles. The Kier molecular flexibility index (Phi) is 6.85. The van der Waals surface area contributed by atoms with E-state index in [2.05, 4.69) is 5.32 Å². The van der Waals surface area contributed by atoms with Crippen molar-refractivity contribution in [3.63, 3.8) is 0 Å². The minimum absolute atomic E-state index is 0.0632. The quantitative estimate of drug-likeness (QED) is 0.683. The number of carbonyl (C=O) groups is 2. The first-order chi connectivity index (χ1) is 10.3. The van der Waals surface area contributed by atoms with Gasteiger partial charge in [0.1, 0.15) is 0 Å². The highest BCUT2D eigenvalue weighted by Gasteiger charge is 2.25. The number of nitrogens with zero attached hydrogens (tertiary/aromatic N) is 1. The standard InChI is InChI=1S/C16H24N2O4/c1-3-16(2,22)12-18(11-13-7-5-4-6-8-13)15(21)17-10-9-14(19)20/h4-8,22H,3,9-12H2,1-2H3,(H,17,21)(H,19,20). The summed E-state index contributed by atoms with van der Waals surface area (Å²) in [4.78, 5) is 24.2. The Morgan fingerprint density at radius 3 is 2.45 bits per heavy atom. The van der Waals surface area contributed by atoms with Gasteiger partial charge in [-0.1, -0.05) is 37.3 Å². The van der Waals surface area contributed by atoms with Gasteiger partial charge in [0.25, 0.3) is 0 Å². The maximum Gasteiger partial charge on any atom is 0.317 e. The minimum atomic E-state index is -0.987. The van der Waals surface area contributed by atoms with Gasteiger partial charge in [-0.2, -0.15) is 0 Å². The van der Waals surface area contributed by atoms with Gasteiger partial charge in [-0.15, -0.1) is 0 Å². The maximum absolute atomic E-state index is 12.2. The van der Waals surface area contributed by atoms with E-state index in [0.717, 1.165) is 5.56 Å². The van der Waals surface area contributed by atoms with Crippen LogP contribution in [0, 0.1) is 0 Å². The number of amides is 2. The molecule has 2 amide bonds. The summed E-state index contributed by atoms with van der Waals surface area (Å²) in [6.07, 6.45) is 0.385. The van der Waals surface area contributed by atoms with Crippen LogP contribution in [0.3, 0.4) is 0 Å².